The first kappa shape index (κ1) is 23.7. The number of nitrogens with zero attached hydrogens (tertiary/aromatic N) is 3. The third-order valence-electron chi connectivity index (χ3n) is 4.27. The molecular weight excluding hydrogens is 465 g/mol. The van der Waals surface area contributed by atoms with Crippen molar-refractivity contribution in [2.24, 2.45) is 0 Å². The number of rotatable bonds is 8. The van der Waals surface area contributed by atoms with Crippen molar-refractivity contribution in [1.29, 1.82) is 0 Å². The standard InChI is InChI=1S/C21H18ClF3N4O2S/c1-13(22)12-32-20-28-27-18(29(20)16-7-9-17(31-2)10-8-16)11-26-19(30)14-3-5-15(6-4-14)21(23,24)25/h3-10H,1,11-12H2,2H3,(H,26,30). The van der Waals surface area contributed by atoms with Gasteiger partial charge in [-0.05, 0) is 48.5 Å². The molecule has 1 N–H and O–H groups in total. The minimum absolute atomic E-state index is 0.00126. The Hall–Kier alpha value is -2.98. The number of amides is 1. The molecule has 3 aromatic rings. The second kappa shape index (κ2) is 10.1. The molecule has 0 spiro atoms. The molecule has 3 rings (SSSR count). The molecule has 0 aliphatic carbocycles. The van der Waals surface area contributed by atoms with E-state index >= 15 is 0 Å². The van der Waals surface area contributed by atoms with Crippen LogP contribution in [0.25, 0.3) is 5.69 Å². The topological polar surface area (TPSA) is 69.0 Å². The van der Waals surface area contributed by atoms with E-state index in [1.807, 2.05) is 12.1 Å². The number of alkyl halides is 3. The summed E-state index contributed by atoms with van der Waals surface area (Å²) in [5, 5.41) is 12.0. The Morgan fingerprint density at radius 1 is 1.16 bits per heavy atom. The Balaban J connectivity index is 1.80. The van der Waals surface area contributed by atoms with Crippen LogP contribution in [0.15, 0.2) is 65.3 Å². The number of halogens is 4. The van der Waals surface area contributed by atoms with E-state index in [1.54, 1.807) is 23.8 Å². The number of benzene rings is 2. The summed E-state index contributed by atoms with van der Waals surface area (Å²) in [6.45, 7) is 3.66. The number of ether oxygens (including phenoxy) is 1. The minimum Gasteiger partial charge on any atom is -0.497 e. The number of aromatic nitrogens is 3. The monoisotopic (exact) mass is 482 g/mol. The molecule has 0 bridgehead atoms. The van der Waals surface area contributed by atoms with Crippen molar-refractivity contribution in [1.82, 2.24) is 20.1 Å². The van der Waals surface area contributed by atoms with Crippen molar-refractivity contribution in [3.05, 3.63) is 77.1 Å². The van der Waals surface area contributed by atoms with Crippen LogP contribution >= 0.6 is 23.4 Å². The highest BCUT2D eigenvalue weighted by molar-refractivity contribution is 7.99. The number of thioether (sulfide) groups is 1. The van der Waals surface area contributed by atoms with E-state index in [0.717, 1.165) is 30.0 Å². The number of hydrogen-bond donors (Lipinski definition) is 1. The number of methoxy groups -OCH3 is 1. The molecule has 2 aromatic carbocycles. The van der Waals surface area contributed by atoms with Crippen molar-refractivity contribution in [3.8, 4) is 11.4 Å². The first-order valence-electron chi connectivity index (χ1n) is 9.19. The fraction of sp³-hybridized carbons (Fsp3) is 0.190. The van der Waals surface area contributed by atoms with Gasteiger partial charge in [0.2, 0.25) is 0 Å². The molecule has 0 unspecified atom stereocenters. The van der Waals surface area contributed by atoms with Crippen LogP contribution in [0.2, 0.25) is 0 Å². The largest absolute Gasteiger partial charge is 0.497 e. The van der Waals surface area contributed by atoms with E-state index < -0.39 is 17.6 Å². The average molecular weight is 483 g/mol. The van der Waals surface area contributed by atoms with E-state index in [2.05, 4.69) is 22.1 Å². The normalized spacial score (nSPS) is 11.3. The molecule has 6 nitrogen and oxygen atoms in total. The molecule has 0 fully saturated rings. The highest BCUT2D eigenvalue weighted by Gasteiger charge is 2.30. The molecule has 1 aromatic heterocycles. The molecule has 0 aliphatic heterocycles. The molecule has 32 heavy (non-hydrogen) atoms. The van der Waals surface area contributed by atoms with E-state index in [9.17, 15) is 18.0 Å². The van der Waals surface area contributed by atoms with Crippen LogP contribution in [0.1, 0.15) is 21.7 Å². The number of hydrogen-bond acceptors (Lipinski definition) is 5. The predicted molar refractivity (Wildman–Crippen MR) is 116 cm³/mol. The quantitative estimate of drug-likeness (QED) is 0.454. The second-order valence-corrected chi connectivity index (χ2v) is 7.97. The maximum Gasteiger partial charge on any atom is 0.416 e. The number of nitrogens with one attached hydrogen (secondary N) is 1. The van der Waals surface area contributed by atoms with Gasteiger partial charge in [-0.2, -0.15) is 13.2 Å². The number of carbonyl (C=O) groups excluding carboxylic acids is 1. The molecule has 1 heterocycles. The Labute approximate surface area is 191 Å². The van der Waals surface area contributed by atoms with Gasteiger partial charge in [-0.1, -0.05) is 29.9 Å². The van der Waals surface area contributed by atoms with Crippen LogP contribution < -0.4 is 10.1 Å². The lowest BCUT2D eigenvalue weighted by atomic mass is 10.1. The highest BCUT2D eigenvalue weighted by Crippen LogP contribution is 2.29. The summed E-state index contributed by atoms with van der Waals surface area (Å²) in [7, 11) is 1.56. The maximum atomic E-state index is 12.7. The lowest BCUT2D eigenvalue weighted by Crippen LogP contribution is -2.24. The van der Waals surface area contributed by atoms with Gasteiger partial charge in [0.25, 0.3) is 5.91 Å². The molecule has 0 aliphatic rings. The molecule has 1 amide bonds. The van der Waals surface area contributed by atoms with Gasteiger partial charge in [0.05, 0.1) is 19.2 Å². The van der Waals surface area contributed by atoms with Gasteiger partial charge in [-0.3, -0.25) is 9.36 Å². The van der Waals surface area contributed by atoms with E-state index in [4.69, 9.17) is 16.3 Å². The molecule has 0 saturated heterocycles. The summed E-state index contributed by atoms with van der Waals surface area (Å²) >= 11 is 7.19. The van der Waals surface area contributed by atoms with Gasteiger partial charge in [-0.25, -0.2) is 0 Å². The lowest BCUT2D eigenvalue weighted by molar-refractivity contribution is -0.137. The van der Waals surface area contributed by atoms with Crippen molar-refractivity contribution < 1.29 is 22.7 Å². The van der Waals surface area contributed by atoms with Crippen molar-refractivity contribution in [2.45, 2.75) is 17.9 Å². The summed E-state index contributed by atoms with van der Waals surface area (Å²) in [5.74, 6) is 0.972. The van der Waals surface area contributed by atoms with Crippen LogP contribution in [-0.4, -0.2) is 33.5 Å². The third kappa shape index (κ3) is 5.83. The Kier molecular flexibility index (Phi) is 7.47. The summed E-state index contributed by atoms with van der Waals surface area (Å²) < 4.78 is 45.1. The summed E-state index contributed by atoms with van der Waals surface area (Å²) in [5.41, 5.74) is 0.00894. The summed E-state index contributed by atoms with van der Waals surface area (Å²) in [4.78, 5) is 12.4. The fourth-order valence-electron chi connectivity index (χ4n) is 2.71. The average Bonchev–Trinajstić information content (AvgIpc) is 3.18. The molecule has 0 saturated carbocycles. The van der Waals surface area contributed by atoms with Crippen molar-refractivity contribution in [2.75, 3.05) is 12.9 Å². The first-order valence-corrected chi connectivity index (χ1v) is 10.6. The molecular formula is C21H18ClF3N4O2S. The fourth-order valence-corrected chi connectivity index (χ4v) is 3.60. The molecule has 0 radical (unpaired) electrons. The molecule has 11 heteroatoms. The van der Waals surface area contributed by atoms with Crippen LogP contribution in [0.5, 0.6) is 5.75 Å². The molecule has 168 valence electrons. The minimum atomic E-state index is -4.47. The Morgan fingerprint density at radius 2 is 1.81 bits per heavy atom. The van der Waals surface area contributed by atoms with Crippen LogP contribution in [0.3, 0.4) is 0 Å². The van der Waals surface area contributed by atoms with Gasteiger partial charge >= 0.3 is 6.18 Å². The van der Waals surface area contributed by atoms with Gasteiger partial charge in [-0.15, -0.1) is 10.2 Å². The summed E-state index contributed by atoms with van der Waals surface area (Å²) in [6, 6.07) is 11.1. The zero-order valence-corrected chi connectivity index (χ0v) is 18.4. The maximum absolute atomic E-state index is 12.7. The third-order valence-corrected chi connectivity index (χ3v) is 5.58. The van der Waals surface area contributed by atoms with Gasteiger partial charge in [0, 0.05) is 22.0 Å². The second-order valence-electron chi connectivity index (χ2n) is 6.50. The van der Waals surface area contributed by atoms with E-state index in [-0.39, 0.29) is 12.1 Å². The van der Waals surface area contributed by atoms with E-state index in [1.165, 1.54) is 11.8 Å². The lowest BCUT2D eigenvalue weighted by Gasteiger charge is -2.12. The highest BCUT2D eigenvalue weighted by atomic mass is 35.5. The van der Waals surface area contributed by atoms with Gasteiger partial charge in [0.1, 0.15) is 5.75 Å². The smallest absolute Gasteiger partial charge is 0.416 e. The first-order chi connectivity index (χ1) is 15.2. The SMILES string of the molecule is C=C(Cl)CSc1nnc(CNC(=O)c2ccc(C(F)(F)F)cc2)n1-c1ccc(OC)cc1. The van der Waals surface area contributed by atoms with Crippen LogP contribution in [-0.2, 0) is 12.7 Å². The zero-order valence-electron chi connectivity index (χ0n) is 16.8. The van der Waals surface area contributed by atoms with Crippen molar-refractivity contribution in [3.63, 3.8) is 0 Å². The van der Waals surface area contributed by atoms with Gasteiger partial charge < -0.3 is 10.1 Å². The predicted octanol–water partition coefficient (Wildman–Crippen LogP) is 5.07. The Bertz CT molecular complexity index is 1100. The Morgan fingerprint density at radius 3 is 2.38 bits per heavy atom. The zero-order chi connectivity index (χ0) is 23.3. The van der Waals surface area contributed by atoms with Crippen LogP contribution in [0, 0.1) is 0 Å². The van der Waals surface area contributed by atoms with Crippen molar-refractivity contribution >= 4 is 29.3 Å². The van der Waals surface area contributed by atoms with Crippen LogP contribution in [0.4, 0.5) is 13.2 Å². The summed E-state index contributed by atoms with van der Waals surface area (Å²) in [6.07, 6.45) is -4.47. The molecule has 0 atom stereocenters. The number of carbonyl (C=O) groups is 1. The van der Waals surface area contributed by atoms with E-state index in [0.29, 0.717) is 27.5 Å². The van der Waals surface area contributed by atoms with Gasteiger partial charge in [0.15, 0.2) is 11.0 Å².